The molecule has 0 radical (unpaired) electrons. The van der Waals surface area contributed by atoms with Gasteiger partial charge in [-0.1, -0.05) is 18.2 Å². The Morgan fingerprint density at radius 3 is 2.59 bits per heavy atom. The van der Waals surface area contributed by atoms with Gasteiger partial charge in [0, 0.05) is 28.7 Å². The molecule has 1 unspecified atom stereocenters. The minimum absolute atomic E-state index is 0.0146. The number of hydrogen-bond acceptors (Lipinski definition) is 5. The summed E-state index contributed by atoms with van der Waals surface area (Å²) in [4.78, 5) is 11.1. The summed E-state index contributed by atoms with van der Waals surface area (Å²) < 4.78 is 33.0. The van der Waals surface area contributed by atoms with Crippen LogP contribution in [0.25, 0.3) is 0 Å². The molecule has 2 aliphatic rings. The van der Waals surface area contributed by atoms with Gasteiger partial charge in [0.05, 0.1) is 18.6 Å². The van der Waals surface area contributed by atoms with E-state index in [0.29, 0.717) is 54.4 Å². The highest BCUT2D eigenvalue weighted by molar-refractivity contribution is 5.68. The van der Waals surface area contributed by atoms with Crippen molar-refractivity contribution in [2.24, 2.45) is 0 Å². The monoisotopic (exact) mass is 506 g/mol. The average Bonchev–Trinajstić information content (AvgIpc) is 3.44. The second-order valence-electron chi connectivity index (χ2n) is 10.4. The molecule has 37 heavy (non-hydrogen) atoms. The molecule has 0 amide bonds. The van der Waals surface area contributed by atoms with E-state index in [2.05, 4.69) is 0 Å². The van der Waals surface area contributed by atoms with Crippen LogP contribution >= 0.6 is 0 Å². The van der Waals surface area contributed by atoms with E-state index in [4.69, 9.17) is 19.3 Å². The van der Waals surface area contributed by atoms with E-state index in [0.717, 1.165) is 23.1 Å². The van der Waals surface area contributed by atoms with Crippen LogP contribution in [0.15, 0.2) is 54.6 Å². The topological polar surface area (TPSA) is 85.2 Å². The molecular weight excluding hydrogens is 475 g/mol. The van der Waals surface area contributed by atoms with Crippen molar-refractivity contribution in [1.29, 1.82) is 0 Å². The molecule has 2 N–H and O–H groups in total. The Morgan fingerprint density at radius 2 is 1.86 bits per heavy atom. The zero-order valence-electron chi connectivity index (χ0n) is 21.0. The van der Waals surface area contributed by atoms with Gasteiger partial charge in [0.1, 0.15) is 34.9 Å². The van der Waals surface area contributed by atoms with Crippen molar-refractivity contribution in [1.82, 2.24) is 0 Å². The van der Waals surface area contributed by atoms with Gasteiger partial charge in [0.2, 0.25) is 0 Å². The Kier molecular flexibility index (Phi) is 6.82. The maximum absolute atomic E-state index is 15.0. The van der Waals surface area contributed by atoms with Gasteiger partial charge < -0.3 is 24.4 Å². The largest absolute Gasteiger partial charge is 0.492 e. The third-order valence-corrected chi connectivity index (χ3v) is 6.98. The molecule has 0 bridgehead atoms. The molecule has 194 valence electrons. The predicted octanol–water partition coefficient (Wildman–Crippen LogP) is 6.34. The number of benzene rings is 3. The van der Waals surface area contributed by atoms with Crippen molar-refractivity contribution < 1.29 is 33.6 Å². The number of carboxylic acids is 1. The van der Waals surface area contributed by atoms with Crippen molar-refractivity contribution in [2.45, 2.75) is 63.6 Å². The third kappa shape index (κ3) is 5.72. The molecule has 2 atom stereocenters. The molecule has 1 aliphatic heterocycles. The van der Waals surface area contributed by atoms with E-state index < -0.39 is 17.7 Å². The van der Waals surface area contributed by atoms with Crippen LogP contribution in [0.5, 0.6) is 23.0 Å². The Balaban J connectivity index is 1.29. The van der Waals surface area contributed by atoms with Crippen molar-refractivity contribution >= 4 is 5.97 Å². The van der Waals surface area contributed by atoms with Crippen LogP contribution in [-0.2, 0) is 17.6 Å². The number of hydrogen-bond donors (Lipinski definition) is 2. The smallest absolute Gasteiger partial charge is 0.304 e. The Bertz CT molecular complexity index is 1290. The molecule has 0 spiro atoms. The molecule has 0 aromatic heterocycles. The molecular formula is C30H31FO6. The second kappa shape index (κ2) is 10.1. The van der Waals surface area contributed by atoms with Crippen LogP contribution < -0.4 is 14.2 Å². The molecule has 5 rings (SSSR count). The number of rotatable bonds is 9. The van der Waals surface area contributed by atoms with Gasteiger partial charge in [-0.3, -0.25) is 4.79 Å². The lowest BCUT2D eigenvalue weighted by atomic mass is 9.98. The molecule has 3 aromatic rings. The first-order valence-corrected chi connectivity index (χ1v) is 12.6. The van der Waals surface area contributed by atoms with Gasteiger partial charge in [-0.15, -0.1) is 0 Å². The normalized spacial score (nSPS) is 18.2. The zero-order valence-corrected chi connectivity index (χ0v) is 21.0. The summed E-state index contributed by atoms with van der Waals surface area (Å²) in [6.45, 7) is 3.92. The van der Waals surface area contributed by atoms with Crippen LogP contribution in [-0.4, -0.2) is 28.4 Å². The van der Waals surface area contributed by atoms with Crippen LogP contribution in [0.1, 0.15) is 67.4 Å². The fourth-order valence-electron chi connectivity index (χ4n) is 5.03. The average molecular weight is 507 g/mol. The standard InChI is InChI=1S/C30H31FO6/c1-30(2,34)14-13-18-3-5-20(6-4-18)36-25-12-10-24(31)29-23(25)9-11-26(29)37-21-7-8-22-19(15-28(32)33)17-35-27(22)16-21/h3-8,10,12,16,19,26,34H,9,11,13-15,17H2,1-2H3,(H,32,33)/t19?,26-/m1/s1. The molecule has 0 saturated carbocycles. The zero-order chi connectivity index (χ0) is 26.2. The van der Waals surface area contributed by atoms with Crippen LogP contribution in [0.2, 0.25) is 0 Å². The first kappa shape index (κ1) is 25.1. The lowest BCUT2D eigenvalue weighted by Crippen LogP contribution is -2.19. The van der Waals surface area contributed by atoms with Gasteiger partial charge in [-0.25, -0.2) is 4.39 Å². The number of ether oxygens (including phenoxy) is 3. The SMILES string of the molecule is CC(C)(O)CCc1ccc(Oc2ccc(F)c3c2CC[C@H]3Oc2ccc3c(c2)OCC3CC(=O)O)cc1. The molecule has 7 heteroatoms. The fourth-order valence-corrected chi connectivity index (χ4v) is 5.03. The predicted molar refractivity (Wildman–Crippen MR) is 136 cm³/mol. The number of carboxylic acid groups (broad SMARTS) is 1. The summed E-state index contributed by atoms with van der Waals surface area (Å²) in [6, 6.07) is 16.2. The molecule has 0 fully saturated rings. The highest BCUT2D eigenvalue weighted by Gasteiger charge is 2.32. The number of aliphatic hydroxyl groups is 1. The van der Waals surface area contributed by atoms with Crippen molar-refractivity contribution in [2.75, 3.05) is 6.61 Å². The maximum Gasteiger partial charge on any atom is 0.304 e. The van der Waals surface area contributed by atoms with Crippen molar-refractivity contribution in [3.8, 4) is 23.0 Å². The molecule has 0 saturated heterocycles. The minimum atomic E-state index is -0.862. The summed E-state index contributed by atoms with van der Waals surface area (Å²) >= 11 is 0. The molecule has 3 aromatic carbocycles. The molecule has 1 heterocycles. The molecule has 6 nitrogen and oxygen atoms in total. The second-order valence-corrected chi connectivity index (χ2v) is 10.4. The maximum atomic E-state index is 15.0. The summed E-state index contributed by atoms with van der Waals surface area (Å²) in [5.74, 6) is 1.08. The summed E-state index contributed by atoms with van der Waals surface area (Å²) in [5.41, 5.74) is 2.56. The fraction of sp³-hybridized carbons (Fsp3) is 0.367. The van der Waals surface area contributed by atoms with Crippen LogP contribution in [0.3, 0.4) is 0 Å². The van der Waals surface area contributed by atoms with E-state index >= 15 is 0 Å². The Hall–Kier alpha value is -3.58. The number of fused-ring (bicyclic) bond motifs is 2. The number of aryl methyl sites for hydroxylation is 1. The van der Waals surface area contributed by atoms with Crippen LogP contribution in [0.4, 0.5) is 4.39 Å². The van der Waals surface area contributed by atoms with Gasteiger partial charge >= 0.3 is 5.97 Å². The van der Waals surface area contributed by atoms with Crippen molar-refractivity contribution in [3.63, 3.8) is 0 Å². The van der Waals surface area contributed by atoms with Crippen molar-refractivity contribution in [3.05, 3.63) is 82.7 Å². The lowest BCUT2D eigenvalue weighted by molar-refractivity contribution is -0.137. The molecule has 1 aliphatic carbocycles. The van der Waals surface area contributed by atoms with Gasteiger partial charge in [-0.05, 0) is 75.4 Å². The van der Waals surface area contributed by atoms with E-state index in [9.17, 15) is 14.3 Å². The first-order chi connectivity index (χ1) is 17.7. The Morgan fingerprint density at radius 1 is 1.11 bits per heavy atom. The van der Waals surface area contributed by atoms with Crippen LogP contribution in [0, 0.1) is 5.82 Å². The lowest BCUT2D eigenvalue weighted by Gasteiger charge is -2.18. The van der Waals surface area contributed by atoms with E-state index in [1.54, 1.807) is 32.0 Å². The van der Waals surface area contributed by atoms with E-state index in [1.807, 2.05) is 30.3 Å². The number of aliphatic carboxylic acids is 1. The summed E-state index contributed by atoms with van der Waals surface area (Å²) in [7, 11) is 0. The van der Waals surface area contributed by atoms with Gasteiger partial charge in [0.25, 0.3) is 0 Å². The summed E-state index contributed by atoms with van der Waals surface area (Å²) in [6.07, 6.45) is 2.22. The summed E-state index contributed by atoms with van der Waals surface area (Å²) in [5, 5.41) is 19.0. The first-order valence-electron chi connectivity index (χ1n) is 12.6. The van der Waals surface area contributed by atoms with E-state index in [1.165, 1.54) is 6.07 Å². The number of carbonyl (C=O) groups is 1. The highest BCUT2D eigenvalue weighted by atomic mass is 19.1. The third-order valence-electron chi connectivity index (χ3n) is 6.98. The van der Waals surface area contributed by atoms with Gasteiger partial charge in [-0.2, -0.15) is 0 Å². The quantitative estimate of drug-likeness (QED) is 0.352. The van der Waals surface area contributed by atoms with Gasteiger partial charge in [0.15, 0.2) is 0 Å². The Labute approximate surface area is 215 Å². The number of halogens is 1. The highest BCUT2D eigenvalue weighted by Crippen LogP contribution is 2.44. The van der Waals surface area contributed by atoms with E-state index in [-0.39, 0.29) is 18.2 Å². The minimum Gasteiger partial charge on any atom is -0.492 e.